The van der Waals surface area contributed by atoms with Crippen LogP contribution < -0.4 is 5.32 Å². The number of rotatable bonds is 3. The molecule has 1 saturated heterocycles. The topological polar surface area (TPSA) is 75.4 Å². The van der Waals surface area contributed by atoms with E-state index in [1.54, 1.807) is 6.92 Å². The first-order chi connectivity index (χ1) is 11.7. The molecule has 2 atom stereocenters. The standard InChI is InChI=1S/C16H20F3N3O3/c1-8-13(25-14(20-8)10-3-4-10)15(24)22-7-11(21-9(2)23)5-6-12(22)16(17,18)19/h10-12H,3-7H2,1-2H3,(H,21,23)/t11-,12-/m1/s1. The summed E-state index contributed by atoms with van der Waals surface area (Å²) < 4.78 is 45.6. The van der Waals surface area contributed by atoms with Crippen LogP contribution in [0, 0.1) is 6.92 Å². The van der Waals surface area contributed by atoms with Crippen LogP contribution in [-0.4, -0.2) is 46.5 Å². The lowest BCUT2D eigenvalue weighted by Crippen LogP contribution is -2.58. The summed E-state index contributed by atoms with van der Waals surface area (Å²) in [6.45, 7) is 2.65. The molecule has 0 radical (unpaired) electrons. The molecule has 2 aliphatic rings. The van der Waals surface area contributed by atoms with Gasteiger partial charge in [0.2, 0.25) is 11.7 Å². The fourth-order valence-corrected chi connectivity index (χ4v) is 3.19. The minimum absolute atomic E-state index is 0.139. The molecule has 6 nitrogen and oxygen atoms in total. The molecule has 2 amide bonds. The number of likely N-dealkylation sites (tertiary alicyclic amines) is 1. The van der Waals surface area contributed by atoms with Gasteiger partial charge in [0.1, 0.15) is 6.04 Å². The van der Waals surface area contributed by atoms with Gasteiger partial charge in [0, 0.05) is 25.4 Å². The van der Waals surface area contributed by atoms with Crippen LogP contribution in [0.25, 0.3) is 0 Å². The summed E-state index contributed by atoms with van der Waals surface area (Å²) >= 11 is 0. The Hall–Kier alpha value is -2.06. The summed E-state index contributed by atoms with van der Waals surface area (Å²) in [6.07, 6.45) is -2.82. The molecule has 1 aromatic heterocycles. The summed E-state index contributed by atoms with van der Waals surface area (Å²) in [6, 6.07) is -2.40. The van der Waals surface area contributed by atoms with Crippen molar-refractivity contribution in [1.29, 1.82) is 0 Å². The predicted octanol–water partition coefficient (Wildman–Crippen LogP) is 2.53. The number of aryl methyl sites for hydroxylation is 1. The first kappa shape index (κ1) is 17.8. The minimum atomic E-state index is -4.54. The smallest absolute Gasteiger partial charge is 0.408 e. The predicted molar refractivity (Wildman–Crippen MR) is 80.9 cm³/mol. The van der Waals surface area contributed by atoms with Crippen LogP contribution >= 0.6 is 0 Å². The van der Waals surface area contributed by atoms with Crippen molar-refractivity contribution < 1.29 is 27.2 Å². The van der Waals surface area contributed by atoms with Crippen LogP contribution in [0.3, 0.4) is 0 Å². The average molecular weight is 359 g/mol. The number of halogens is 3. The molecule has 1 aliphatic heterocycles. The second-order valence-electron chi connectivity index (χ2n) is 6.73. The largest absolute Gasteiger partial charge is 0.435 e. The Kier molecular flexibility index (Phi) is 4.51. The van der Waals surface area contributed by atoms with Gasteiger partial charge in [0.25, 0.3) is 5.91 Å². The number of hydrogen-bond donors (Lipinski definition) is 1. The molecule has 0 unspecified atom stereocenters. The highest BCUT2D eigenvalue weighted by molar-refractivity contribution is 5.93. The number of hydrogen-bond acceptors (Lipinski definition) is 4. The maximum Gasteiger partial charge on any atom is 0.408 e. The normalized spacial score (nSPS) is 24.3. The van der Waals surface area contributed by atoms with E-state index < -0.39 is 24.2 Å². The number of aromatic nitrogens is 1. The molecule has 2 heterocycles. The first-order valence-electron chi connectivity index (χ1n) is 8.29. The molecule has 3 rings (SSSR count). The maximum atomic E-state index is 13.4. The van der Waals surface area contributed by atoms with Crippen LogP contribution in [0.1, 0.15) is 60.7 Å². The van der Waals surface area contributed by atoms with Crippen LogP contribution in [-0.2, 0) is 4.79 Å². The quantitative estimate of drug-likeness (QED) is 0.900. The summed E-state index contributed by atoms with van der Waals surface area (Å²) in [5.41, 5.74) is 0.300. The molecular weight excluding hydrogens is 339 g/mol. The van der Waals surface area contributed by atoms with Crippen LogP contribution in [0.5, 0.6) is 0 Å². The highest BCUT2D eigenvalue weighted by atomic mass is 19.4. The van der Waals surface area contributed by atoms with E-state index in [-0.39, 0.29) is 37.0 Å². The molecule has 25 heavy (non-hydrogen) atoms. The third-order valence-corrected chi connectivity index (χ3v) is 4.56. The molecule has 2 fully saturated rings. The summed E-state index contributed by atoms with van der Waals surface area (Å²) in [7, 11) is 0. The lowest BCUT2D eigenvalue weighted by atomic mass is 9.97. The number of alkyl halides is 3. The molecule has 1 aliphatic carbocycles. The van der Waals surface area contributed by atoms with Gasteiger partial charge in [0.15, 0.2) is 5.89 Å². The van der Waals surface area contributed by atoms with Gasteiger partial charge in [-0.05, 0) is 32.6 Å². The molecule has 9 heteroatoms. The van der Waals surface area contributed by atoms with Gasteiger partial charge in [-0.15, -0.1) is 0 Å². The van der Waals surface area contributed by atoms with E-state index in [4.69, 9.17) is 4.42 Å². The molecule has 0 spiro atoms. The van der Waals surface area contributed by atoms with Crippen molar-refractivity contribution >= 4 is 11.8 Å². The Bertz CT molecular complexity index is 682. The highest BCUT2D eigenvalue weighted by Gasteiger charge is 2.49. The Morgan fingerprint density at radius 3 is 2.48 bits per heavy atom. The van der Waals surface area contributed by atoms with Gasteiger partial charge < -0.3 is 14.6 Å². The second-order valence-corrected chi connectivity index (χ2v) is 6.73. The van der Waals surface area contributed by atoms with Crippen molar-refractivity contribution in [3.8, 4) is 0 Å². The zero-order valence-corrected chi connectivity index (χ0v) is 14.0. The van der Waals surface area contributed by atoms with Gasteiger partial charge in [-0.25, -0.2) is 4.98 Å². The van der Waals surface area contributed by atoms with Crippen LogP contribution in [0.15, 0.2) is 4.42 Å². The van der Waals surface area contributed by atoms with Crippen molar-refractivity contribution in [2.24, 2.45) is 0 Å². The van der Waals surface area contributed by atoms with Crippen molar-refractivity contribution in [2.45, 2.75) is 63.7 Å². The lowest BCUT2D eigenvalue weighted by Gasteiger charge is -2.40. The van der Waals surface area contributed by atoms with Crippen LogP contribution in [0.2, 0.25) is 0 Å². The van der Waals surface area contributed by atoms with Gasteiger partial charge >= 0.3 is 6.18 Å². The number of piperidine rings is 1. The number of carbonyl (C=O) groups excluding carboxylic acids is 2. The van der Waals surface area contributed by atoms with Crippen molar-refractivity contribution in [1.82, 2.24) is 15.2 Å². The van der Waals surface area contributed by atoms with E-state index in [0.29, 0.717) is 11.6 Å². The molecule has 1 saturated carbocycles. The van der Waals surface area contributed by atoms with E-state index in [1.807, 2.05) is 0 Å². The van der Waals surface area contributed by atoms with E-state index in [9.17, 15) is 22.8 Å². The van der Waals surface area contributed by atoms with E-state index >= 15 is 0 Å². The Balaban J connectivity index is 1.85. The zero-order chi connectivity index (χ0) is 18.4. The summed E-state index contributed by atoms with van der Waals surface area (Å²) in [5, 5.41) is 2.59. The SMILES string of the molecule is CC(=O)N[C@@H]1CC[C@H](C(F)(F)F)N(C(=O)c2oc(C3CC3)nc2C)C1. The maximum absolute atomic E-state index is 13.4. The van der Waals surface area contributed by atoms with Gasteiger partial charge in [-0.1, -0.05) is 0 Å². The van der Waals surface area contributed by atoms with E-state index in [2.05, 4.69) is 10.3 Å². The van der Waals surface area contributed by atoms with E-state index in [0.717, 1.165) is 17.7 Å². The number of nitrogens with one attached hydrogen (secondary N) is 1. The molecule has 1 N–H and O–H groups in total. The monoisotopic (exact) mass is 359 g/mol. The highest BCUT2D eigenvalue weighted by Crippen LogP contribution is 2.40. The fourth-order valence-electron chi connectivity index (χ4n) is 3.19. The Morgan fingerprint density at radius 2 is 1.92 bits per heavy atom. The Morgan fingerprint density at radius 1 is 1.24 bits per heavy atom. The number of amides is 2. The Labute approximate surface area is 142 Å². The summed E-state index contributed by atoms with van der Waals surface area (Å²) in [4.78, 5) is 28.9. The lowest BCUT2D eigenvalue weighted by molar-refractivity contribution is -0.184. The molecule has 1 aromatic rings. The van der Waals surface area contributed by atoms with Crippen molar-refractivity contribution in [3.63, 3.8) is 0 Å². The van der Waals surface area contributed by atoms with E-state index in [1.165, 1.54) is 6.92 Å². The minimum Gasteiger partial charge on any atom is -0.435 e. The number of carbonyl (C=O) groups is 2. The van der Waals surface area contributed by atoms with Crippen molar-refractivity contribution in [3.05, 3.63) is 17.3 Å². The molecule has 0 aromatic carbocycles. The van der Waals surface area contributed by atoms with Crippen LogP contribution in [0.4, 0.5) is 13.2 Å². The summed E-state index contributed by atoms with van der Waals surface area (Å²) in [5.74, 6) is -0.726. The number of oxazole rings is 1. The first-order valence-corrected chi connectivity index (χ1v) is 8.29. The zero-order valence-electron chi connectivity index (χ0n) is 14.0. The molecule has 0 bridgehead atoms. The second kappa shape index (κ2) is 6.34. The van der Waals surface area contributed by atoms with Gasteiger partial charge in [-0.2, -0.15) is 13.2 Å². The number of nitrogens with zero attached hydrogens (tertiary/aromatic N) is 2. The van der Waals surface area contributed by atoms with Crippen molar-refractivity contribution in [2.75, 3.05) is 6.54 Å². The average Bonchev–Trinajstić information content (AvgIpc) is 3.28. The molecular formula is C16H20F3N3O3. The van der Waals surface area contributed by atoms with Gasteiger partial charge in [-0.3, -0.25) is 9.59 Å². The molecule has 138 valence electrons. The fraction of sp³-hybridized carbons (Fsp3) is 0.688. The third-order valence-electron chi connectivity index (χ3n) is 4.56. The third kappa shape index (κ3) is 3.80. The van der Waals surface area contributed by atoms with Gasteiger partial charge in [0.05, 0.1) is 5.69 Å².